The summed E-state index contributed by atoms with van der Waals surface area (Å²) < 4.78 is 1.16. The highest BCUT2D eigenvalue weighted by atomic mass is 127. The van der Waals surface area contributed by atoms with Gasteiger partial charge < -0.3 is 5.11 Å². The molecule has 1 N–H and O–H groups in total. The molecule has 0 saturated heterocycles. The number of pyridine rings is 1. The van der Waals surface area contributed by atoms with Crippen molar-refractivity contribution in [2.45, 2.75) is 19.4 Å². The maximum absolute atomic E-state index is 10.7. The van der Waals surface area contributed by atoms with Gasteiger partial charge in [0.15, 0.2) is 0 Å². The van der Waals surface area contributed by atoms with Crippen LogP contribution < -0.4 is 0 Å². The summed E-state index contributed by atoms with van der Waals surface area (Å²) in [5.74, 6) is 0. The number of aryl methyl sites for hydroxylation is 1. The van der Waals surface area contributed by atoms with Gasteiger partial charge in [-0.3, -0.25) is 4.98 Å². The fraction of sp³-hybridized carbons (Fsp3) is 0.214. The van der Waals surface area contributed by atoms with Crippen molar-refractivity contribution in [2.24, 2.45) is 0 Å². The topological polar surface area (TPSA) is 33.1 Å². The number of hydrogen-bond acceptors (Lipinski definition) is 2. The van der Waals surface area contributed by atoms with E-state index in [0.29, 0.717) is 0 Å². The number of nitrogens with zero attached hydrogens (tertiary/aromatic N) is 1. The average molecular weight is 339 g/mol. The van der Waals surface area contributed by atoms with E-state index in [1.165, 1.54) is 0 Å². The maximum atomic E-state index is 10.7. The molecular formula is C14H14INO. The third kappa shape index (κ3) is 2.50. The highest BCUT2D eigenvalue weighted by molar-refractivity contribution is 14.1. The van der Waals surface area contributed by atoms with Crippen molar-refractivity contribution < 1.29 is 5.11 Å². The molecule has 0 aliphatic heterocycles. The molecule has 1 aromatic carbocycles. The average Bonchev–Trinajstić information content (AvgIpc) is 2.30. The molecule has 3 heteroatoms. The van der Waals surface area contributed by atoms with Crippen LogP contribution in [0.5, 0.6) is 0 Å². The Labute approximate surface area is 115 Å². The lowest BCUT2D eigenvalue weighted by Crippen LogP contribution is -2.24. The lowest BCUT2D eigenvalue weighted by molar-refractivity contribution is 0.101. The Morgan fingerprint density at radius 1 is 1.18 bits per heavy atom. The van der Waals surface area contributed by atoms with Crippen LogP contribution in [0.15, 0.2) is 42.7 Å². The molecule has 0 bridgehead atoms. The summed E-state index contributed by atoms with van der Waals surface area (Å²) in [7, 11) is 0. The van der Waals surface area contributed by atoms with Crippen molar-refractivity contribution >= 4 is 22.6 Å². The lowest BCUT2D eigenvalue weighted by Gasteiger charge is -2.25. The van der Waals surface area contributed by atoms with Gasteiger partial charge in [0, 0.05) is 21.5 Å². The first kappa shape index (κ1) is 12.5. The zero-order valence-corrected chi connectivity index (χ0v) is 12.0. The third-order valence-corrected chi connectivity index (χ3v) is 3.69. The molecular weight excluding hydrogens is 325 g/mol. The smallest absolute Gasteiger partial charge is 0.114 e. The zero-order valence-electron chi connectivity index (χ0n) is 9.81. The van der Waals surface area contributed by atoms with Crippen LogP contribution in [0.3, 0.4) is 0 Å². The van der Waals surface area contributed by atoms with Crippen LogP contribution in [0.1, 0.15) is 23.6 Å². The molecule has 1 aromatic heterocycles. The fourth-order valence-electron chi connectivity index (χ4n) is 1.90. The fourth-order valence-corrected chi connectivity index (χ4v) is 2.26. The van der Waals surface area contributed by atoms with E-state index in [4.69, 9.17) is 0 Å². The molecule has 0 saturated carbocycles. The van der Waals surface area contributed by atoms with E-state index in [9.17, 15) is 5.11 Å². The minimum Gasteiger partial charge on any atom is -0.381 e. The molecule has 0 aliphatic rings. The van der Waals surface area contributed by atoms with Gasteiger partial charge in [0.1, 0.15) is 5.60 Å². The zero-order chi connectivity index (χ0) is 12.5. The van der Waals surface area contributed by atoms with Crippen LogP contribution in [0, 0.1) is 10.5 Å². The second kappa shape index (κ2) is 4.74. The van der Waals surface area contributed by atoms with Gasteiger partial charge in [-0.1, -0.05) is 12.1 Å². The molecule has 1 atom stereocenters. The van der Waals surface area contributed by atoms with Crippen molar-refractivity contribution in [3.63, 3.8) is 0 Å². The van der Waals surface area contributed by atoms with Crippen molar-refractivity contribution in [3.05, 3.63) is 63.0 Å². The van der Waals surface area contributed by atoms with Gasteiger partial charge in [0.2, 0.25) is 0 Å². The second-order valence-corrected chi connectivity index (χ2v) is 5.52. The monoisotopic (exact) mass is 339 g/mol. The van der Waals surface area contributed by atoms with E-state index in [2.05, 4.69) is 27.6 Å². The quantitative estimate of drug-likeness (QED) is 0.852. The Hall–Kier alpha value is -0.940. The summed E-state index contributed by atoms with van der Waals surface area (Å²) in [6.07, 6.45) is 3.47. The van der Waals surface area contributed by atoms with Crippen LogP contribution in [0.2, 0.25) is 0 Å². The summed E-state index contributed by atoms with van der Waals surface area (Å²) in [6, 6.07) is 9.81. The largest absolute Gasteiger partial charge is 0.381 e. The van der Waals surface area contributed by atoms with E-state index in [1.807, 2.05) is 37.3 Å². The number of hydrogen-bond donors (Lipinski definition) is 1. The van der Waals surface area contributed by atoms with Crippen molar-refractivity contribution in [3.8, 4) is 0 Å². The molecule has 0 radical (unpaired) electrons. The van der Waals surface area contributed by atoms with Gasteiger partial charge in [-0.15, -0.1) is 0 Å². The van der Waals surface area contributed by atoms with E-state index in [-0.39, 0.29) is 0 Å². The molecule has 1 unspecified atom stereocenters. The van der Waals surface area contributed by atoms with Gasteiger partial charge in [-0.2, -0.15) is 0 Å². The Morgan fingerprint density at radius 3 is 2.41 bits per heavy atom. The summed E-state index contributed by atoms with van der Waals surface area (Å²) in [6.45, 7) is 3.79. The van der Waals surface area contributed by atoms with Crippen LogP contribution in [-0.2, 0) is 5.60 Å². The SMILES string of the molecule is Cc1ccncc1C(C)(O)c1ccc(I)cc1. The number of halogens is 1. The molecule has 17 heavy (non-hydrogen) atoms. The van der Waals surface area contributed by atoms with E-state index < -0.39 is 5.60 Å². The minimum absolute atomic E-state index is 0.848. The summed E-state index contributed by atoms with van der Waals surface area (Å²) in [4.78, 5) is 4.09. The molecule has 2 rings (SSSR count). The first-order valence-corrected chi connectivity index (χ1v) is 6.49. The number of benzene rings is 1. The van der Waals surface area contributed by atoms with Crippen LogP contribution in [0.25, 0.3) is 0 Å². The first-order chi connectivity index (χ1) is 8.01. The number of aliphatic hydroxyl groups is 1. The molecule has 0 spiro atoms. The minimum atomic E-state index is -0.997. The Balaban J connectivity index is 2.49. The van der Waals surface area contributed by atoms with Crippen molar-refractivity contribution in [1.82, 2.24) is 4.98 Å². The normalized spacial score (nSPS) is 14.4. The molecule has 0 aliphatic carbocycles. The predicted molar refractivity (Wildman–Crippen MR) is 76.8 cm³/mol. The van der Waals surface area contributed by atoms with Crippen molar-refractivity contribution in [2.75, 3.05) is 0 Å². The van der Waals surface area contributed by atoms with Gasteiger partial charge in [-0.25, -0.2) is 0 Å². The molecule has 0 fully saturated rings. The highest BCUT2D eigenvalue weighted by Crippen LogP contribution is 2.30. The van der Waals surface area contributed by atoms with Gasteiger partial charge >= 0.3 is 0 Å². The molecule has 2 aromatic rings. The van der Waals surface area contributed by atoms with E-state index >= 15 is 0 Å². The maximum Gasteiger partial charge on any atom is 0.114 e. The van der Waals surface area contributed by atoms with Crippen molar-refractivity contribution in [1.29, 1.82) is 0 Å². The van der Waals surface area contributed by atoms with E-state index in [0.717, 1.165) is 20.3 Å². The molecule has 88 valence electrons. The molecule has 2 nitrogen and oxygen atoms in total. The number of aromatic nitrogens is 1. The third-order valence-electron chi connectivity index (χ3n) is 2.97. The summed E-state index contributed by atoms with van der Waals surface area (Å²) >= 11 is 2.25. The molecule has 1 heterocycles. The molecule has 0 amide bonds. The standard InChI is InChI=1S/C14H14INO/c1-10-7-8-16-9-13(10)14(2,17)11-3-5-12(15)6-4-11/h3-9,17H,1-2H3. The van der Waals surface area contributed by atoms with E-state index in [1.54, 1.807) is 19.3 Å². The first-order valence-electron chi connectivity index (χ1n) is 5.41. The second-order valence-electron chi connectivity index (χ2n) is 4.27. The summed E-state index contributed by atoms with van der Waals surface area (Å²) in [5, 5.41) is 10.7. The predicted octanol–water partition coefficient (Wildman–Crippen LogP) is 3.25. The summed E-state index contributed by atoms with van der Waals surface area (Å²) in [5.41, 5.74) is 1.78. The number of rotatable bonds is 2. The van der Waals surface area contributed by atoms with Gasteiger partial charge in [-0.05, 0) is 65.8 Å². The van der Waals surface area contributed by atoms with Gasteiger partial charge in [0.05, 0.1) is 0 Å². The van der Waals surface area contributed by atoms with Crippen LogP contribution in [0.4, 0.5) is 0 Å². The Bertz CT molecular complexity index is 520. The lowest BCUT2D eigenvalue weighted by atomic mass is 9.87. The Morgan fingerprint density at radius 2 is 1.82 bits per heavy atom. The van der Waals surface area contributed by atoms with Crippen LogP contribution in [-0.4, -0.2) is 10.1 Å². The van der Waals surface area contributed by atoms with Gasteiger partial charge in [0.25, 0.3) is 0 Å². The highest BCUT2D eigenvalue weighted by Gasteiger charge is 2.27. The van der Waals surface area contributed by atoms with Crippen LogP contribution >= 0.6 is 22.6 Å². The Kier molecular flexibility index (Phi) is 3.49.